The third-order valence-corrected chi connectivity index (χ3v) is 2.48. The van der Waals surface area contributed by atoms with E-state index >= 15 is 0 Å². The van der Waals surface area contributed by atoms with Crippen molar-refractivity contribution in [2.24, 2.45) is 5.92 Å². The molecule has 88 valence electrons. The highest BCUT2D eigenvalue weighted by Crippen LogP contribution is 2.20. The van der Waals surface area contributed by atoms with Gasteiger partial charge in [0, 0.05) is 10.6 Å². The van der Waals surface area contributed by atoms with Crippen LogP contribution in [0.1, 0.15) is 19.4 Å². The number of halogens is 1. The average molecular weight is 249 g/mol. The molecule has 2 aromatic rings. The molecule has 0 amide bonds. The number of tetrazole rings is 1. The fourth-order valence-electron chi connectivity index (χ4n) is 1.44. The summed E-state index contributed by atoms with van der Waals surface area (Å²) in [6.07, 6.45) is 5.71. The molecule has 0 N–H and O–H groups in total. The third kappa shape index (κ3) is 2.91. The van der Waals surface area contributed by atoms with Gasteiger partial charge in [0.2, 0.25) is 0 Å². The molecule has 17 heavy (non-hydrogen) atoms. The van der Waals surface area contributed by atoms with Gasteiger partial charge in [-0.2, -0.15) is 4.68 Å². The molecule has 0 radical (unpaired) electrons. The van der Waals surface area contributed by atoms with Gasteiger partial charge in [-0.1, -0.05) is 37.6 Å². The molecule has 5 heteroatoms. The van der Waals surface area contributed by atoms with Crippen molar-refractivity contribution in [1.29, 1.82) is 0 Å². The smallest absolute Gasteiger partial charge is 0.143 e. The molecule has 1 heterocycles. The maximum absolute atomic E-state index is 6.00. The van der Waals surface area contributed by atoms with Crippen LogP contribution in [0.5, 0.6) is 0 Å². The van der Waals surface area contributed by atoms with Crippen LogP contribution in [0, 0.1) is 5.92 Å². The van der Waals surface area contributed by atoms with Crippen LogP contribution in [0.4, 0.5) is 0 Å². The highest BCUT2D eigenvalue weighted by Gasteiger charge is 2.04. The minimum Gasteiger partial charge on any atom is -0.200 e. The zero-order valence-electron chi connectivity index (χ0n) is 9.71. The predicted molar refractivity (Wildman–Crippen MR) is 68.0 cm³/mol. The molecule has 0 unspecified atom stereocenters. The van der Waals surface area contributed by atoms with Crippen LogP contribution in [0.15, 0.2) is 30.6 Å². The first kappa shape index (κ1) is 11.8. The predicted octanol–water partition coefficient (Wildman–Crippen LogP) is 2.98. The van der Waals surface area contributed by atoms with Crippen molar-refractivity contribution in [3.63, 3.8) is 0 Å². The molecule has 0 aliphatic rings. The van der Waals surface area contributed by atoms with E-state index in [9.17, 15) is 0 Å². The van der Waals surface area contributed by atoms with E-state index in [4.69, 9.17) is 11.6 Å². The lowest BCUT2D eigenvalue weighted by Crippen LogP contribution is -1.98. The Morgan fingerprint density at radius 1 is 1.35 bits per heavy atom. The van der Waals surface area contributed by atoms with Crippen LogP contribution in [0.2, 0.25) is 5.02 Å². The van der Waals surface area contributed by atoms with Crippen LogP contribution in [-0.2, 0) is 0 Å². The molecule has 0 fully saturated rings. The van der Waals surface area contributed by atoms with E-state index in [1.165, 1.54) is 0 Å². The van der Waals surface area contributed by atoms with E-state index in [2.05, 4.69) is 35.4 Å². The summed E-state index contributed by atoms with van der Waals surface area (Å²) in [7, 11) is 0. The zero-order chi connectivity index (χ0) is 12.3. The summed E-state index contributed by atoms with van der Waals surface area (Å²) >= 11 is 6.00. The number of nitrogens with zero attached hydrogens (tertiary/aromatic N) is 4. The van der Waals surface area contributed by atoms with E-state index in [1.54, 1.807) is 11.0 Å². The Kier molecular flexibility index (Phi) is 3.54. The lowest BCUT2D eigenvalue weighted by atomic mass is 10.1. The van der Waals surface area contributed by atoms with Gasteiger partial charge in [-0.3, -0.25) is 0 Å². The maximum Gasteiger partial charge on any atom is 0.143 e. The van der Waals surface area contributed by atoms with Gasteiger partial charge in [0.15, 0.2) is 0 Å². The van der Waals surface area contributed by atoms with E-state index in [0.717, 1.165) is 11.3 Å². The molecule has 0 aliphatic carbocycles. The number of hydrogen-bond acceptors (Lipinski definition) is 3. The third-order valence-electron chi connectivity index (χ3n) is 2.25. The lowest BCUT2D eigenvalue weighted by Gasteiger charge is -2.05. The fourth-order valence-corrected chi connectivity index (χ4v) is 1.62. The quantitative estimate of drug-likeness (QED) is 0.839. The Bertz CT molecular complexity index is 517. The molecule has 0 aliphatic heterocycles. The van der Waals surface area contributed by atoms with Crippen molar-refractivity contribution in [3.8, 4) is 5.69 Å². The SMILES string of the molecule is CC(C)/C=C/c1cc(Cl)ccc1-n1cnnn1. The van der Waals surface area contributed by atoms with E-state index in [1.807, 2.05) is 24.3 Å². The van der Waals surface area contributed by atoms with Crippen LogP contribution in [-0.4, -0.2) is 20.2 Å². The standard InChI is InChI=1S/C12H13ClN4/c1-9(2)3-4-10-7-11(13)5-6-12(10)17-8-14-15-16-17/h3-9H,1-2H3/b4-3+. The lowest BCUT2D eigenvalue weighted by molar-refractivity contribution is 0.787. The second-order valence-corrected chi connectivity index (χ2v) is 4.50. The monoisotopic (exact) mass is 248 g/mol. The highest BCUT2D eigenvalue weighted by atomic mass is 35.5. The molecule has 4 nitrogen and oxygen atoms in total. The second-order valence-electron chi connectivity index (χ2n) is 4.06. The van der Waals surface area contributed by atoms with E-state index in [-0.39, 0.29) is 0 Å². The number of allylic oxidation sites excluding steroid dienone is 1. The van der Waals surface area contributed by atoms with E-state index < -0.39 is 0 Å². The number of hydrogen-bond donors (Lipinski definition) is 0. The Balaban J connectivity index is 2.45. The normalized spacial score (nSPS) is 11.5. The molecule has 1 aromatic carbocycles. The summed E-state index contributed by atoms with van der Waals surface area (Å²) in [6.45, 7) is 4.25. The van der Waals surface area contributed by atoms with Crippen molar-refractivity contribution >= 4 is 17.7 Å². The van der Waals surface area contributed by atoms with Gasteiger partial charge in [-0.25, -0.2) is 0 Å². The van der Waals surface area contributed by atoms with Crippen LogP contribution < -0.4 is 0 Å². The van der Waals surface area contributed by atoms with Gasteiger partial charge in [0.05, 0.1) is 5.69 Å². The Hall–Kier alpha value is -1.68. The molecule has 0 atom stereocenters. The van der Waals surface area contributed by atoms with Crippen molar-refractivity contribution < 1.29 is 0 Å². The summed E-state index contributed by atoms with van der Waals surface area (Å²) in [5, 5.41) is 11.8. The topological polar surface area (TPSA) is 43.6 Å². The molecule has 0 bridgehead atoms. The fraction of sp³-hybridized carbons (Fsp3) is 0.250. The minimum atomic E-state index is 0.482. The molecule has 0 saturated carbocycles. The van der Waals surface area contributed by atoms with Crippen molar-refractivity contribution in [2.45, 2.75) is 13.8 Å². The zero-order valence-corrected chi connectivity index (χ0v) is 10.5. The summed E-state index contributed by atoms with van der Waals surface area (Å²) in [5.74, 6) is 0.482. The van der Waals surface area contributed by atoms with E-state index in [0.29, 0.717) is 10.9 Å². The summed E-state index contributed by atoms with van der Waals surface area (Å²) in [4.78, 5) is 0. The van der Waals surface area contributed by atoms with Gasteiger partial charge in [-0.15, -0.1) is 5.10 Å². The second kappa shape index (κ2) is 5.10. The van der Waals surface area contributed by atoms with Gasteiger partial charge in [0.25, 0.3) is 0 Å². The molecular formula is C12H13ClN4. The molecular weight excluding hydrogens is 236 g/mol. The Morgan fingerprint density at radius 3 is 2.82 bits per heavy atom. The molecule has 0 spiro atoms. The van der Waals surface area contributed by atoms with Crippen molar-refractivity contribution in [2.75, 3.05) is 0 Å². The van der Waals surface area contributed by atoms with Gasteiger partial charge in [-0.05, 0) is 34.5 Å². The largest absolute Gasteiger partial charge is 0.200 e. The Morgan fingerprint density at radius 2 is 2.18 bits per heavy atom. The van der Waals surface area contributed by atoms with Gasteiger partial charge < -0.3 is 0 Å². The molecule has 0 saturated heterocycles. The first-order valence-corrected chi connectivity index (χ1v) is 5.76. The number of rotatable bonds is 3. The average Bonchev–Trinajstić information content (AvgIpc) is 2.80. The van der Waals surface area contributed by atoms with Crippen LogP contribution >= 0.6 is 11.6 Å². The van der Waals surface area contributed by atoms with Crippen LogP contribution in [0.25, 0.3) is 11.8 Å². The summed E-state index contributed by atoms with van der Waals surface area (Å²) in [6, 6.07) is 5.63. The first-order valence-electron chi connectivity index (χ1n) is 5.38. The summed E-state index contributed by atoms with van der Waals surface area (Å²) < 4.78 is 1.62. The van der Waals surface area contributed by atoms with Gasteiger partial charge in [0.1, 0.15) is 6.33 Å². The summed E-state index contributed by atoms with van der Waals surface area (Å²) in [5.41, 5.74) is 1.91. The molecule has 1 aromatic heterocycles. The highest BCUT2D eigenvalue weighted by molar-refractivity contribution is 6.30. The van der Waals surface area contributed by atoms with Crippen molar-refractivity contribution in [3.05, 3.63) is 41.2 Å². The number of benzene rings is 1. The van der Waals surface area contributed by atoms with Crippen LogP contribution in [0.3, 0.4) is 0 Å². The minimum absolute atomic E-state index is 0.482. The Labute approximate surface area is 105 Å². The van der Waals surface area contributed by atoms with Crippen molar-refractivity contribution in [1.82, 2.24) is 20.2 Å². The maximum atomic E-state index is 6.00. The van der Waals surface area contributed by atoms with Gasteiger partial charge >= 0.3 is 0 Å². The molecule has 2 rings (SSSR count). The number of aromatic nitrogens is 4. The first-order chi connectivity index (χ1) is 8.16.